The average molecular weight is 299 g/mol. The normalized spacial score (nSPS) is 15.1. The molecule has 0 saturated heterocycles. The van der Waals surface area contributed by atoms with Gasteiger partial charge >= 0.3 is 0 Å². The van der Waals surface area contributed by atoms with Crippen LogP contribution in [0.25, 0.3) is 0 Å². The number of rotatable bonds is 7. The molecule has 0 aromatic heterocycles. The van der Waals surface area contributed by atoms with Crippen molar-refractivity contribution >= 4 is 18.3 Å². The summed E-state index contributed by atoms with van der Waals surface area (Å²) in [5.74, 6) is 1.43. The van der Waals surface area contributed by atoms with Crippen LogP contribution in [0.15, 0.2) is 24.3 Å². The highest BCUT2D eigenvalue weighted by atomic mass is 35.5. The van der Waals surface area contributed by atoms with E-state index in [0.29, 0.717) is 13.1 Å². The third kappa shape index (κ3) is 5.02. The summed E-state index contributed by atoms with van der Waals surface area (Å²) in [6.45, 7) is 3.46. The van der Waals surface area contributed by atoms with Crippen LogP contribution < -0.4 is 15.8 Å². The Morgan fingerprint density at radius 3 is 2.80 bits per heavy atom. The number of hydrogen-bond acceptors (Lipinski definition) is 3. The van der Waals surface area contributed by atoms with Crippen LogP contribution in [0.2, 0.25) is 0 Å². The number of ether oxygens (including phenoxy) is 1. The van der Waals surface area contributed by atoms with E-state index < -0.39 is 0 Å². The van der Waals surface area contributed by atoms with Crippen molar-refractivity contribution in [1.82, 2.24) is 5.32 Å². The van der Waals surface area contributed by atoms with Crippen LogP contribution in [0.5, 0.6) is 5.75 Å². The molecule has 1 unspecified atom stereocenters. The minimum absolute atomic E-state index is 0. The molecule has 0 bridgehead atoms. The van der Waals surface area contributed by atoms with Crippen molar-refractivity contribution in [2.24, 2.45) is 17.6 Å². The SMILES string of the molecule is CC(CN)C(=O)NCc1ccccc1OCC1CC1.Cl. The standard InChI is InChI=1S/C15H22N2O2.ClH/c1-11(8-16)15(18)17-9-13-4-2-3-5-14(13)19-10-12-6-7-12;/h2-5,11-12H,6-10,16H2,1H3,(H,17,18);1H. The molecule has 3 N–H and O–H groups in total. The first-order chi connectivity index (χ1) is 9.20. The number of para-hydroxylation sites is 1. The van der Waals surface area contributed by atoms with Crippen molar-refractivity contribution in [1.29, 1.82) is 0 Å². The van der Waals surface area contributed by atoms with Crippen LogP contribution >= 0.6 is 12.4 Å². The fourth-order valence-corrected chi connectivity index (χ4v) is 1.75. The van der Waals surface area contributed by atoms with Crippen LogP contribution in [-0.4, -0.2) is 19.1 Å². The second-order valence-electron chi connectivity index (χ2n) is 5.22. The lowest BCUT2D eigenvalue weighted by Crippen LogP contribution is -2.32. The van der Waals surface area contributed by atoms with Gasteiger partial charge in [0.1, 0.15) is 5.75 Å². The highest BCUT2D eigenvalue weighted by Gasteiger charge is 2.22. The highest BCUT2D eigenvalue weighted by Crippen LogP contribution is 2.30. The third-order valence-corrected chi connectivity index (χ3v) is 3.40. The van der Waals surface area contributed by atoms with E-state index in [1.807, 2.05) is 31.2 Å². The number of nitrogens with one attached hydrogen (secondary N) is 1. The van der Waals surface area contributed by atoms with Gasteiger partial charge in [-0.05, 0) is 24.8 Å². The molecule has 1 aliphatic rings. The number of nitrogens with two attached hydrogens (primary N) is 1. The number of hydrogen-bond donors (Lipinski definition) is 2. The predicted octanol–water partition coefficient (Wildman–Crippen LogP) is 2.11. The number of carbonyl (C=O) groups excluding carboxylic acids is 1. The van der Waals surface area contributed by atoms with Gasteiger partial charge in [0.25, 0.3) is 0 Å². The average Bonchev–Trinajstić information content (AvgIpc) is 3.26. The molecule has 2 rings (SSSR count). The van der Waals surface area contributed by atoms with Crippen LogP contribution in [0.3, 0.4) is 0 Å². The zero-order valence-electron chi connectivity index (χ0n) is 11.8. The van der Waals surface area contributed by atoms with Crippen molar-refractivity contribution < 1.29 is 9.53 Å². The molecule has 1 aromatic rings. The van der Waals surface area contributed by atoms with Crippen LogP contribution in [0, 0.1) is 11.8 Å². The topological polar surface area (TPSA) is 64.4 Å². The molecule has 0 aliphatic heterocycles. The summed E-state index contributed by atoms with van der Waals surface area (Å²) in [5, 5.41) is 2.89. The summed E-state index contributed by atoms with van der Waals surface area (Å²) in [7, 11) is 0. The van der Waals surface area contributed by atoms with E-state index in [0.717, 1.165) is 23.8 Å². The molecule has 1 aromatic carbocycles. The van der Waals surface area contributed by atoms with Crippen LogP contribution in [-0.2, 0) is 11.3 Å². The fourth-order valence-electron chi connectivity index (χ4n) is 1.75. The van der Waals surface area contributed by atoms with E-state index in [2.05, 4.69) is 5.32 Å². The Morgan fingerprint density at radius 1 is 1.45 bits per heavy atom. The Morgan fingerprint density at radius 2 is 2.15 bits per heavy atom. The first-order valence-electron chi connectivity index (χ1n) is 6.89. The molecule has 0 spiro atoms. The van der Waals surface area contributed by atoms with Crippen molar-refractivity contribution in [3.8, 4) is 5.75 Å². The number of halogens is 1. The van der Waals surface area contributed by atoms with E-state index >= 15 is 0 Å². The van der Waals surface area contributed by atoms with Crippen molar-refractivity contribution in [2.45, 2.75) is 26.3 Å². The molecule has 1 amide bonds. The number of carbonyl (C=O) groups is 1. The van der Waals surface area contributed by atoms with Crippen LogP contribution in [0.1, 0.15) is 25.3 Å². The molecule has 112 valence electrons. The summed E-state index contributed by atoms with van der Waals surface area (Å²) in [4.78, 5) is 11.7. The van der Waals surface area contributed by atoms with Gasteiger partial charge in [-0.15, -0.1) is 12.4 Å². The van der Waals surface area contributed by atoms with E-state index in [4.69, 9.17) is 10.5 Å². The second-order valence-corrected chi connectivity index (χ2v) is 5.22. The Kier molecular flexibility index (Phi) is 6.82. The molecule has 1 fully saturated rings. The molecular weight excluding hydrogens is 276 g/mol. The van der Waals surface area contributed by atoms with Gasteiger partial charge in [-0.1, -0.05) is 25.1 Å². The number of amides is 1. The minimum atomic E-state index is -0.153. The van der Waals surface area contributed by atoms with Gasteiger partial charge in [0.15, 0.2) is 0 Å². The zero-order valence-corrected chi connectivity index (χ0v) is 12.6. The van der Waals surface area contributed by atoms with E-state index in [1.54, 1.807) is 0 Å². The lowest BCUT2D eigenvalue weighted by molar-refractivity contribution is -0.124. The lowest BCUT2D eigenvalue weighted by atomic mass is 10.1. The first-order valence-corrected chi connectivity index (χ1v) is 6.89. The third-order valence-electron chi connectivity index (χ3n) is 3.40. The highest BCUT2D eigenvalue weighted by molar-refractivity contribution is 5.85. The fraction of sp³-hybridized carbons (Fsp3) is 0.533. The Labute approximate surface area is 126 Å². The zero-order chi connectivity index (χ0) is 13.7. The van der Waals surface area contributed by atoms with Gasteiger partial charge in [-0.25, -0.2) is 0 Å². The maximum atomic E-state index is 11.7. The van der Waals surface area contributed by atoms with Gasteiger partial charge in [-0.3, -0.25) is 4.79 Å². The van der Waals surface area contributed by atoms with Gasteiger partial charge in [0.2, 0.25) is 5.91 Å². The maximum Gasteiger partial charge on any atom is 0.224 e. The second kappa shape index (κ2) is 8.12. The summed E-state index contributed by atoms with van der Waals surface area (Å²) in [6.07, 6.45) is 2.54. The molecule has 5 heteroatoms. The smallest absolute Gasteiger partial charge is 0.224 e. The molecule has 4 nitrogen and oxygen atoms in total. The summed E-state index contributed by atoms with van der Waals surface area (Å²) in [5.41, 5.74) is 6.49. The Hall–Kier alpha value is -1.26. The van der Waals surface area contributed by atoms with E-state index in [1.165, 1.54) is 12.8 Å². The van der Waals surface area contributed by atoms with Gasteiger partial charge in [0, 0.05) is 24.6 Å². The van der Waals surface area contributed by atoms with Crippen molar-refractivity contribution in [2.75, 3.05) is 13.2 Å². The quantitative estimate of drug-likeness (QED) is 0.810. The molecule has 0 heterocycles. The predicted molar refractivity (Wildman–Crippen MR) is 82.0 cm³/mol. The molecule has 0 radical (unpaired) electrons. The van der Waals surface area contributed by atoms with E-state index in [9.17, 15) is 4.79 Å². The molecule has 1 aliphatic carbocycles. The molecule has 20 heavy (non-hydrogen) atoms. The largest absolute Gasteiger partial charge is 0.493 e. The van der Waals surface area contributed by atoms with Gasteiger partial charge in [-0.2, -0.15) is 0 Å². The molecule has 1 saturated carbocycles. The van der Waals surface area contributed by atoms with Gasteiger partial charge < -0.3 is 15.8 Å². The Bertz CT molecular complexity index is 436. The maximum absolute atomic E-state index is 11.7. The monoisotopic (exact) mass is 298 g/mol. The summed E-state index contributed by atoms with van der Waals surface area (Å²) in [6, 6.07) is 7.85. The minimum Gasteiger partial charge on any atom is -0.493 e. The lowest BCUT2D eigenvalue weighted by Gasteiger charge is -2.13. The first kappa shape index (κ1) is 16.8. The summed E-state index contributed by atoms with van der Waals surface area (Å²) >= 11 is 0. The molecule has 1 atom stereocenters. The van der Waals surface area contributed by atoms with E-state index in [-0.39, 0.29) is 24.2 Å². The van der Waals surface area contributed by atoms with Crippen LogP contribution in [0.4, 0.5) is 0 Å². The van der Waals surface area contributed by atoms with Gasteiger partial charge in [0.05, 0.1) is 6.61 Å². The Balaban J connectivity index is 0.00000200. The number of benzene rings is 1. The summed E-state index contributed by atoms with van der Waals surface area (Å²) < 4.78 is 5.80. The van der Waals surface area contributed by atoms with Crippen molar-refractivity contribution in [3.63, 3.8) is 0 Å². The van der Waals surface area contributed by atoms with Crippen molar-refractivity contribution in [3.05, 3.63) is 29.8 Å². The molecular formula is C15H23ClN2O2.